The number of ether oxygens (including phenoxy) is 1. The van der Waals surface area contributed by atoms with Gasteiger partial charge in [0.05, 0.1) is 19.0 Å². The fourth-order valence-electron chi connectivity index (χ4n) is 2.82. The van der Waals surface area contributed by atoms with Crippen LogP contribution in [0.5, 0.6) is 5.75 Å². The first-order chi connectivity index (χ1) is 10.8. The SMILES string of the molecule is CN1CCc2c(c(COc3ccccc3)nn2CCC#N)C1. The number of fused-ring (bicyclic) bond motifs is 1. The summed E-state index contributed by atoms with van der Waals surface area (Å²) in [5.74, 6) is 0.854. The summed E-state index contributed by atoms with van der Waals surface area (Å²) < 4.78 is 7.85. The van der Waals surface area contributed by atoms with Crippen LogP contribution < -0.4 is 4.74 Å². The van der Waals surface area contributed by atoms with Crippen LogP contribution in [0.3, 0.4) is 0 Å². The van der Waals surface area contributed by atoms with Crippen molar-refractivity contribution in [1.82, 2.24) is 14.7 Å². The summed E-state index contributed by atoms with van der Waals surface area (Å²) in [5.41, 5.74) is 3.52. The minimum absolute atomic E-state index is 0.472. The molecule has 5 nitrogen and oxygen atoms in total. The number of nitriles is 1. The van der Waals surface area contributed by atoms with Crippen LogP contribution in [0.25, 0.3) is 0 Å². The van der Waals surface area contributed by atoms with E-state index in [9.17, 15) is 0 Å². The van der Waals surface area contributed by atoms with Gasteiger partial charge in [0.1, 0.15) is 18.1 Å². The first kappa shape index (κ1) is 14.6. The Morgan fingerprint density at radius 1 is 1.32 bits per heavy atom. The second-order valence-electron chi connectivity index (χ2n) is 5.59. The molecule has 0 saturated heterocycles. The zero-order valence-electron chi connectivity index (χ0n) is 12.8. The van der Waals surface area contributed by atoms with E-state index in [0.29, 0.717) is 19.6 Å². The van der Waals surface area contributed by atoms with E-state index < -0.39 is 0 Å². The van der Waals surface area contributed by atoms with Crippen molar-refractivity contribution in [2.75, 3.05) is 13.6 Å². The van der Waals surface area contributed by atoms with Gasteiger partial charge in [-0.05, 0) is 19.2 Å². The van der Waals surface area contributed by atoms with Crippen molar-refractivity contribution in [1.29, 1.82) is 5.26 Å². The Labute approximate surface area is 130 Å². The minimum Gasteiger partial charge on any atom is -0.487 e. The maximum Gasteiger partial charge on any atom is 0.132 e. The van der Waals surface area contributed by atoms with Crippen molar-refractivity contribution in [3.05, 3.63) is 47.3 Å². The molecule has 1 aromatic heterocycles. The summed E-state index contributed by atoms with van der Waals surface area (Å²) in [6, 6.07) is 12.0. The number of hydrogen-bond acceptors (Lipinski definition) is 4. The highest BCUT2D eigenvalue weighted by Crippen LogP contribution is 2.23. The van der Waals surface area contributed by atoms with Crippen LogP contribution in [0.4, 0.5) is 0 Å². The number of aryl methyl sites for hydroxylation is 1. The zero-order valence-corrected chi connectivity index (χ0v) is 12.8. The highest BCUT2D eigenvalue weighted by atomic mass is 16.5. The minimum atomic E-state index is 0.472. The van der Waals surface area contributed by atoms with Crippen molar-refractivity contribution >= 4 is 0 Å². The Balaban J connectivity index is 1.80. The molecule has 0 fully saturated rings. The molecule has 0 bridgehead atoms. The van der Waals surface area contributed by atoms with Gasteiger partial charge in [-0.3, -0.25) is 4.68 Å². The van der Waals surface area contributed by atoms with Gasteiger partial charge in [-0.25, -0.2) is 0 Å². The quantitative estimate of drug-likeness (QED) is 0.850. The van der Waals surface area contributed by atoms with Gasteiger partial charge in [0.2, 0.25) is 0 Å². The summed E-state index contributed by atoms with van der Waals surface area (Å²) in [6.07, 6.45) is 1.47. The third-order valence-electron chi connectivity index (χ3n) is 3.96. The number of rotatable bonds is 5. The van der Waals surface area contributed by atoms with Crippen LogP contribution in [0.15, 0.2) is 30.3 Å². The molecule has 0 unspecified atom stereocenters. The monoisotopic (exact) mass is 296 g/mol. The third-order valence-corrected chi connectivity index (χ3v) is 3.96. The number of likely N-dealkylation sites (N-methyl/N-ethyl adjacent to an activating group) is 1. The van der Waals surface area contributed by atoms with Gasteiger partial charge >= 0.3 is 0 Å². The van der Waals surface area contributed by atoms with Crippen LogP contribution in [0, 0.1) is 11.3 Å². The molecule has 114 valence electrons. The van der Waals surface area contributed by atoms with Crippen LogP contribution in [-0.2, 0) is 26.1 Å². The number of hydrogen-bond donors (Lipinski definition) is 0. The normalized spacial score (nSPS) is 14.4. The maximum absolute atomic E-state index is 8.81. The predicted octanol–water partition coefficient (Wildman–Crippen LogP) is 2.36. The maximum atomic E-state index is 8.81. The standard InChI is InChI=1S/C17H20N4O/c1-20-11-8-17-15(12-20)16(19-21(17)10-5-9-18)13-22-14-6-3-2-4-7-14/h2-4,6-7H,5,8,10-13H2,1H3. The highest BCUT2D eigenvalue weighted by molar-refractivity contribution is 5.29. The number of nitrogens with zero attached hydrogens (tertiary/aromatic N) is 4. The molecule has 0 atom stereocenters. The molecule has 5 heteroatoms. The molecule has 1 aliphatic heterocycles. The van der Waals surface area contributed by atoms with E-state index >= 15 is 0 Å². The van der Waals surface area contributed by atoms with Crippen molar-refractivity contribution in [3.63, 3.8) is 0 Å². The fourth-order valence-corrected chi connectivity index (χ4v) is 2.82. The largest absolute Gasteiger partial charge is 0.487 e. The molecule has 0 aliphatic carbocycles. The van der Waals surface area contributed by atoms with E-state index in [1.165, 1.54) is 11.3 Å². The molecular formula is C17H20N4O. The lowest BCUT2D eigenvalue weighted by Gasteiger charge is -2.23. The van der Waals surface area contributed by atoms with Crippen molar-refractivity contribution in [3.8, 4) is 11.8 Å². The molecule has 1 aliphatic rings. The Kier molecular flexibility index (Phi) is 4.40. The van der Waals surface area contributed by atoms with Crippen LogP contribution in [0.2, 0.25) is 0 Å². The number of para-hydroxylation sites is 1. The van der Waals surface area contributed by atoms with E-state index in [-0.39, 0.29) is 0 Å². The molecule has 0 saturated carbocycles. The first-order valence-corrected chi connectivity index (χ1v) is 7.58. The Morgan fingerprint density at radius 2 is 2.14 bits per heavy atom. The lowest BCUT2D eigenvalue weighted by atomic mass is 10.1. The zero-order chi connectivity index (χ0) is 15.4. The van der Waals surface area contributed by atoms with E-state index in [0.717, 1.165) is 31.0 Å². The molecule has 2 heterocycles. The van der Waals surface area contributed by atoms with Crippen molar-refractivity contribution < 1.29 is 4.74 Å². The fraction of sp³-hybridized carbons (Fsp3) is 0.412. The second-order valence-corrected chi connectivity index (χ2v) is 5.59. The third kappa shape index (κ3) is 3.12. The average molecular weight is 296 g/mol. The summed E-state index contributed by atoms with van der Waals surface area (Å²) in [5, 5.41) is 13.5. The van der Waals surface area contributed by atoms with E-state index in [1.807, 2.05) is 35.0 Å². The molecule has 0 amide bonds. The smallest absolute Gasteiger partial charge is 0.132 e. The molecule has 1 aromatic carbocycles. The van der Waals surface area contributed by atoms with Crippen LogP contribution in [-0.4, -0.2) is 28.3 Å². The van der Waals surface area contributed by atoms with Gasteiger partial charge in [-0.1, -0.05) is 18.2 Å². The van der Waals surface area contributed by atoms with Crippen molar-refractivity contribution in [2.45, 2.75) is 32.5 Å². The van der Waals surface area contributed by atoms with Gasteiger partial charge in [-0.15, -0.1) is 0 Å². The molecule has 3 rings (SSSR count). The summed E-state index contributed by atoms with van der Waals surface area (Å²) in [7, 11) is 2.12. The molecular weight excluding hydrogens is 276 g/mol. The van der Waals surface area contributed by atoms with Gasteiger partial charge in [0, 0.05) is 30.8 Å². The summed E-state index contributed by atoms with van der Waals surface area (Å²) in [6.45, 7) is 3.06. The lowest BCUT2D eigenvalue weighted by molar-refractivity contribution is 0.287. The molecule has 0 spiro atoms. The highest BCUT2D eigenvalue weighted by Gasteiger charge is 2.23. The van der Waals surface area contributed by atoms with E-state index in [4.69, 9.17) is 15.1 Å². The van der Waals surface area contributed by atoms with Crippen LogP contribution >= 0.6 is 0 Å². The predicted molar refractivity (Wildman–Crippen MR) is 83.3 cm³/mol. The molecule has 0 N–H and O–H groups in total. The average Bonchev–Trinajstić information content (AvgIpc) is 2.89. The van der Waals surface area contributed by atoms with E-state index in [1.54, 1.807) is 0 Å². The topological polar surface area (TPSA) is 54.1 Å². The Hall–Kier alpha value is -2.32. The van der Waals surface area contributed by atoms with Gasteiger partial charge in [-0.2, -0.15) is 10.4 Å². The molecule has 2 aromatic rings. The van der Waals surface area contributed by atoms with Crippen LogP contribution in [0.1, 0.15) is 23.4 Å². The Bertz CT molecular complexity index is 672. The summed E-state index contributed by atoms with van der Waals surface area (Å²) in [4.78, 5) is 2.30. The van der Waals surface area contributed by atoms with E-state index in [2.05, 4.69) is 18.0 Å². The molecule has 0 radical (unpaired) electrons. The van der Waals surface area contributed by atoms with Crippen molar-refractivity contribution in [2.24, 2.45) is 0 Å². The van der Waals surface area contributed by atoms with Gasteiger partial charge in [0.25, 0.3) is 0 Å². The first-order valence-electron chi connectivity index (χ1n) is 7.58. The molecule has 22 heavy (non-hydrogen) atoms. The van der Waals surface area contributed by atoms with Gasteiger partial charge in [0.15, 0.2) is 0 Å². The van der Waals surface area contributed by atoms with Gasteiger partial charge < -0.3 is 9.64 Å². The summed E-state index contributed by atoms with van der Waals surface area (Å²) >= 11 is 0. The number of benzene rings is 1. The second kappa shape index (κ2) is 6.63. The Morgan fingerprint density at radius 3 is 2.91 bits per heavy atom. The lowest BCUT2D eigenvalue weighted by Crippen LogP contribution is -2.27. The number of aromatic nitrogens is 2.